The molecule has 5 heteroatoms. The maximum absolute atomic E-state index is 12.0. The van der Waals surface area contributed by atoms with Gasteiger partial charge in [-0.3, -0.25) is 4.79 Å². The van der Waals surface area contributed by atoms with Gasteiger partial charge in [0.1, 0.15) is 5.75 Å². The van der Waals surface area contributed by atoms with Crippen LogP contribution in [0.25, 0.3) is 0 Å². The Bertz CT molecular complexity index is 785. The number of hydrazone groups is 1. The summed E-state index contributed by atoms with van der Waals surface area (Å²) in [7, 11) is 0. The zero-order valence-corrected chi connectivity index (χ0v) is 16.6. The number of carbonyl (C=O) groups excluding carboxylic acids is 1. The predicted octanol–water partition coefficient (Wildman–Crippen LogP) is 4.80. The van der Waals surface area contributed by atoms with Crippen molar-refractivity contribution in [2.24, 2.45) is 5.10 Å². The molecule has 0 saturated heterocycles. The van der Waals surface area contributed by atoms with Crippen molar-refractivity contribution in [3.63, 3.8) is 0 Å². The van der Waals surface area contributed by atoms with E-state index in [1.165, 1.54) is 5.56 Å². The second-order valence-electron chi connectivity index (χ2n) is 6.20. The van der Waals surface area contributed by atoms with Crippen molar-refractivity contribution in [1.29, 1.82) is 0 Å². The zero-order valence-electron chi connectivity index (χ0n) is 15.0. The van der Waals surface area contributed by atoms with E-state index in [4.69, 9.17) is 4.74 Å². The van der Waals surface area contributed by atoms with E-state index < -0.39 is 0 Å². The molecule has 1 amide bonds. The lowest BCUT2D eigenvalue weighted by Gasteiger charge is -2.14. The Labute approximate surface area is 157 Å². The number of nitrogens with one attached hydrogen (secondary N) is 1. The van der Waals surface area contributed by atoms with Crippen molar-refractivity contribution in [2.75, 3.05) is 6.61 Å². The summed E-state index contributed by atoms with van der Waals surface area (Å²) >= 11 is 3.47. The summed E-state index contributed by atoms with van der Waals surface area (Å²) in [6.07, 6.45) is 0. The topological polar surface area (TPSA) is 50.7 Å². The average Bonchev–Trinajstić information content (AvgIpc) is 2.58. The Morgan fingerprint density at radius 3 is 2.64 bits per heavy atom. The van der Waals surface area contributed by atoms with Gasteiger partial charge in [-0.2, -0.15) is 5.10 Å². The van der Waals surface area contributed by atoms with E-state index in [1.54, 1.807) is 0 Å². The Hall–Kier alpha value is -2.14. The number of benzene rings is 2. The fraction of sp³-hybridized carbons (Fsp3) is 0.300. The van der Waals surface area contributed by atoms with Gasteiger partial charge in [0.2, 0.25) is 0 Å². The van der Waals surface area contributed by atoms with Crippen molar-refractivity contribution < 1.29 is 9.53 Å². The first-order chi connectivity index (χ1) is 11.9. The van der Waals surface area contributed by atoms with Crippen LogP contribution in [0.5, 0.6) is 5.75 Å². The highest BCUT2D eigenvalue weighted by Gasteiger charge is 2.10. The van der Waals surface area contributed by atoms with E-state index in [-0.39, 0.29) is 12.5 Å². The largest absolute Gasteiger partial charge is 0.483 e. The lowest BCUT2D eigenvalue weighted by Crippen LogP contribution is -2.26. The van der Waals surface area contributed by atoms with Crippen LogP contribution in [-0.4, -0.2) is 18.2 Å². The van der Waals surface area contributed by atoms with Crippen LogP contribution in [0.1, 0.15) is 43.4 Å². The second kappa shape index (κ2) is 8.81. The molecule has 0 saturated carbocycles. The first kappa shape index (κ1) is 19.2. The van der Waals surface area contributed by atoms with Gasteiger partial charge >= 0.3 is 0 Å². The molecule has 2 aromatic rings. The Kier molecular flexibility index (Phi) is 6.76. The van der Waals surface area contributed by atoms with Crippen molar-refractivity contribution >= 4 is 27.5 Å². The lowest BCUT2D eigenvalue weighted by molar-refractivity contribution is -0.123. The van der Waals surface area contributed by atoms with Crippen LogP contribution in [0.2, 0.25) is 0 Å². The molecule has 0 atom stereocenters. The molecule has 0 aliphatic rings. The number of rotatable bonds is 6. The molecule has 132 valence electrons. The van der Waals surface area contributed by atoms with Gasteiger partial charge in [0, 0.05) is 10.0 Å². The van der Waals surface area contributed by atoms with E-state index in [0.29, 0.717) is 5.92 Å². The SMILES string of the molecule is C/C(=N\NC(=O)COc1ccc(C)cc1C(C)C)c1ccccc1Br. The molecular weight excluding hydrogens is 380 g/mol. The van der Waals surface area contributed by atoms with Gasteiger partial charge in [0.15, 0.2) is 6.61 Å². The highest BCUT2D eigenvalue weighted by atomic mass is 79.9. The number of carbonyl (C=O) groups is 1. The first-order valence-corrected chi connectivity index (χ1v) is 8.99. The van der Waals surface area contributed by atoms with Crippen LogP contribution >= 0.6 is 15.9 Å². The number of hydrogen-bond acceptors (Lipinski definition) is 3. The molecule has 2 aromatic carbocycles. The number of ether oxygens (including phenoxy) is 1. The van der Waals surface area contributed by atoms with Crippen LogP contribution in [0, 0.1) is 6.92 Å². The molecule has 1 N–H and O–H groups in total. The summed E-state index contributed by atoms with van der Waals surface area (Å²) in [5, 5.41) is 4.15. The summed E-state index contributed by atoms with van der Waals surface area (Å²) in [6, 6.07) is 13.7. The number of nitrogens with zero attached hydrogens (tertiary/aromatic N) is 1. The molecule has 0 bridgehead atoms. The third-order valence-electron chi connectivity index (χ3n) is 3.76. The Balaban J connectivity index is 1.98. The average molecular weight is 403 g/mol. The summed E-state index contributed by atoms with van der Waals surface area (Å²) in [4.78, 5) is 12.0. The number of amides is 1. The maximum Gasteiger partial charge on any atom is 0.277 e. The van der Waals surface area contributed by atoms with Crippen molar-refractivity contribution in [2.45, 2.75) is 33.6 Å². The molecule has 4 nitrogen and oxygen atoms in total. The maximum atomic E-state index is 12.0. The first-order valence-electron chi connectivity index (χ1n) is 8.20. The molecule has 25 heavy (non-hydrogen) atoms. The van der Waals surface area contributed by atoms with Crippen molar-refractivity contribution in [3.8, 4) is 5.75 Å². The normalized spacial score (nSPS) is 11.5. The van der Waals surface area contributed by atoms with Crippen LogP contribution in [0.3, 0.4) is 0 Å². The van der Waals surface area contributed by atoms with Crippen LogP contribution in [0.4, 0.5) is 0 Å². The van der Waals surface area contributed by atoms with Gasteiger partial charge in [-0.1, -0.05) is 65.7 Å². The highest BCUT2D eigenvalue weighted by Crippen LogP contribution is 2.27. The molecule has 0 fully saturated rings. The third-order valence-corrected chi connectivity index (χ3v) is 4.45. The number of aryl methyl sites for hydroxylation is 1. The number of hydrogen-bond donors (Lipinski definition) is 1. The third kappa shape index (κ3) is 5.43. The molecule has 0 aliphatic carbocycles. The molecule has 0 heterocycles. The minimum atomic E-state index is -0.290. The molecule has 2 rings (SSSR count). The van der Waals surface area contributed by atoms with Gasteiger partial charge in [0.05, 0.1) is 5.71 Å². The van der Waals surface area contributed by atoms with Gasteiger partial charge in [-0.15, -0.1) is 0 Å². The minimum Gasteiger partial charge on any atom is -0.483 e. The van der Waals surface area contributed by atoms with Gasteiger partial charge in [-0.05, 0) is 37.5 Å². The van der Waals surface area contributed by atoms with Crippen LogP contribution < -0.4 is 10.2 Å². The fourth-order valence-corrected chi connectivity index (χ4v) is 2.96. The smallest absolute Gasteiger partial charge is 0.277 e. The molecule has 0 spiro atoms. The monoisotopic (exact) mass is 402 g/mol. The molecule has 0 aliphatic heterocycles. The van der Waals surface area contributed by atoms with E-state index in [9.17, 15) is 4.79 Å². The summed E-state index contributed by atoms with van der Waals surface area (Å²) in [6.45, 7) is 8.02. The van der Waals surface area contributed by atoms with E-state index in [2.05, 4.69) is 46.4 Å². The lowest BCUT2D eigenvalue weighted by atomic mass is 10.00. The molecule has 0 aromatic heterocycles. The predicted molar refractivity (Wildman–Crippen MR) is 105 cm³/mol. The van der Waals surface area contributed by atoms with Crippen LogP contribution in [-0.2, 0) is 4.79 Å². The molecule has 0 unspecified atom stereocenters. The van der Waals surface area contributed by atoms with Crippen LogP contribution in [0.15, 0.2) is 52.0 Å². The fourth-order valence-electron chi connectivity index (χ4n) is 2.39. The quantitative estimate of drug-likeness (QED) is 0.557. The van der Waals surface area contributed by atoms with E-state index in [0.717, 1.165) is 27.1 Å². The van der Waals surface area contributed by atoms with Gasteiger partial charge in [-0.25, -0.2) is 5.43 Å². The van der Waals surface area contributed by atoms with Gasteiger partial charge in [0.25, 0.3) is 5.91 Å². The standard InChI is InChI=1S/C20H23BrN2O2/c1-13(2)17-11-14(3)9-10-19(17)25-12-20(24)23-22-15(4)16-7-5-6-8-18(16)21/h5-11,13H,12H2,1-4H3,(H,23,24)/b22-15+. The van der Waals surface area contributed by atoms with E-state index in [1.807, 2.05) is 50.2 Å². The highest BCUT2D eigenvalue weighted by molar-refractivity contribution is 9.10. The summed E-state index contributed by atoms with van der Waals surface area (Å²) in [5.74, 6) is 0.776. The molecule has 0 radical (unpaired) electrons. The summed E-state index contributed by atoms with van der Waals surface area (Å²) < 4.78 is 6.62. The van der Waals surface area contributed by atoms with E-state index >= 15 is 0 Å². The Morgan fingerprint density at radius 2 is 1.96 bits per heavy atom. The molecular formula is C20H23BrN2O2. The number of halogens is 1. The summed E-state index contributed by atoms with van der Waals surface area (Å²) in [5.41, 5.74) is 6.47. The second-order valence-corrected chi connectivity index (χ2v) is 7.05. The van der Waals surface area contributed by atoms with Crippen molar-refractivity contribution in [1.82, 2.24) is 5.43 Å². The minimum absolute atomic E-state index is 0.0739. The zero-order chi connectivity index (χ0) is 18.4. The van der Waals surface area contributed by atoms with Gasteiger partial charge < -0.3 is 4.74 Å². The Morgan fingerprint density at radius 1 is 1.24 bits per heavy atom. The van der Waals surface area contributed by atoms with Crippen molar-refractivity contribution in [3.05, 3.63) is 63.6 Å².